The van der Waals surface area contributed by atoms with E-state index in [1.54, 1.807) is 17.4 Å². The van der Waals surface area contributed by atoms with Crippen LogP contribution in [0.3, 0.4) is 0 Å². The van der Waals surface area contributed by atoms with Gasteiger partial charge in [-0.2, -0.15) is 13.2 Å². The van der Waals surface area contributed by atoms with Crippen molar-refractivity contribution in [2.75, 3.05) is 5.32 Å². The van der Waals surface area contributed by atoms with Gasteiger partial charge in [0.1, 0.15) is 0 Å². The molecule has 5 heteroatoms. The summed E-state index contributed by atoms with van der Waals surface area (Å²) in [4.78, 5) is 2.40. The molecule has 1 aromatic carbocycles. The molecule has 102 valence electrons. The van der Waals surface area contributed by atoms with Crippen molar-refractivity contribution in [3.63, 3.8) is 0 Å². The average Bonchev–Trinajstić information content (AvgIpc) is 2.64. The highest BCUT2D eigenvalue weighted by Gasteiger charge is 2.30. The van der Waals surface area contributed by atoms with E-state index in [1.807, 2.05) is 13.8 Å². The zero-order chi connectivity index (χ0) is 14.0. The molecule has 0 bridgehead atoms. The first-order chi connectivity index (χ1) is 8.86. The molecule has 0 amide bonds. The normalized spacial score (nSPS) is 11.6. The van der Waals surface area contributed by atoms with E-state index >= 15 is 0 Å². The fourth-order valence-electron chi connectivity index (χ4n) is 1.86. The number of rotatable bonds is 3. The van der Waals surface area contributed by atoms with Crippen LogP contribution in [0.1, 0.15) is 20.9 Å². The van der Waals surface area contributed by atoms with Crippen LogP contribution < -0.4 is 5.32 Å². The molecule has 0 spiro atoms. The zero-order valence-electron chi connectivity index (χ0n) is 10.6. The van der Waals surface area contributed by atoms with Gasteiger partial charge in [-0.25, -0.2) is 0 Å². The minimum atomic E-state index is -4.30. The zero-order valence-corrected chi connectivity index (χ0v) is 11.5. The monoisotopic (exact) mass is 285 g/mol. The molecular weight excluding hydrogens is 271 g/mol. The van der Waals surface area contributed by atoms with Crippen LogP contribution >= 0.6 is 11.3 Å². The summed E-state index contributed by atoms with van der Waals surface area (Å²) in [5.74, 6) is 0. The Labute approximate surface area is 114 Å². The highest BCUT2D eigenvalue weighted by atomic mass is 32.1. The standard InChI is InChI=1S/C14H14F3NS/c1-9-6-11(10(2)19-9)8-18-13-5-3-4-12(7-13)14(15,16)17/h3-7,18H,8H2,1-2H3. The highest BCUT2D eigenvalue weighted by molar-refractivity contribution is 7.12. The first-order valence-electron chi connectivity index (χ1n) is 5.83. The summed E-state index contributed by atoms with van der Waals surface area (Å²) < 4.78 is 37.7. The van der Waals surface area contributed by atoms with Crippen molar-refractivity contribution in [2.45, 2.75) is 26.6 Å². The Morgan fingerprint density at radius 2 is 1.89 bits per heavy atom. The summed E-state index contributed by atoms with van der Waals surface area (Å²) in [6.07, 6.45) is -4.30. The topological polar surface area (TPSA) is 12.0 Å². The number of hydrogen-bond donors (Lipinski definition) is 1. The van der Waals surface area contributed by atoms with E-state index in [4.69, 9.17) is 0 Å². The third kappa shape index (κ3) is 3.50. The van der Waals surface area contributed by atoms with Gasteiger partial charge in [-0.15, -0.1) is 11.3 Å². The van der Waals surface area contributed by atoms with E-state index in [-0.39, 0.29) is 0 Å². The molecule has 0 aliphatic carbocycles. The maximum Gasteiger partial charge on any atom is 0.416 e. The molecule has 1 nitrogen and oxygen atoms in total. The number of halogens is 3. The Kier molecular flexibility index (Phi) is 3.85. The first-order valence-corrected chi connectivity index (χ1v) is 6.65. The van der Waals surface area contributed by atoms with Crippen LogP contribution in [0, 0.1) is 13.8 Å². The lowest BCUT2D eigenvalue weighted by atomic mass is 10.2. The van der Waals surface area contributed by atoms with Crippen molar-refractivity contribution in [1.29, 1.82) is 0 Å². The van der Waals surface area contributed by atoms with Crippen molar-refractivity contribution < 1.29 is 13.2 Å². The molecule has 0 aliphatic rings. The van der Waals surface area contributed by atoms with Crippen LogP contribution in [0.4, 0.5) is 18.9 Å². The van der Waals surface area contributed by atoms with E-state index in [2.05, 4.69) is 11.4 Å². The van der Waals surface area contributed by atoms with Gasteiger partial charge in [-0.3, -0.25) is 0 Å². The second kappa shape index (κ2) is 5.25. The second-order valence-corrected chi connectivity index (χ2v) is 5.83. The van der Waals surface area contributed by atoms with E-state index in [0.717, 1.165) is 17.7 Å². The molecule has 2 aromatic rings. The molecule has 1 heterocycles. The Morgan fingerprint density at radius 3 is 2.47 bits per heavy atom. The maximum atomic E-state index is 12.6. The Hall–Kier alpha value is -1.49. The first kappa shape index (κ1) is 13.9. The third-order valence-electron chi connectivity index (χ3n) is 2.82. The van der Waals surface area contributed by atoms with Crippen molar-refractivity contribution >= 4 is 17.0 Å². The average molecular weight is 285 g/mol. The SMILES string of the molecule is Cc1cc(CNc2cccc(C(F)(F)F)c2)c(C)s1. The molecule has 0 atom stereocenters. The van der Waals surface area contributed by atoms with Crippen molar-refractivity contribution in [2.24, 2.45) is 0 Å². The molecule has 0 fully saturated rings. The van der Waals surface area contributed by atoms with E-state index in [0.29, 0.717) is 12.2 Å². The van der Waals surface area contributed by atoms with E-state index < -0.39 is 11.7 Å². The lowest BCUT2D eigenvalue weighted by Crippen LogP contribution is -2.06. The molecule has 0 saturated heterocycles. The van der Waals surface area contributed by atoms with Gasteiger partial charge in [0.25, 0.3) is 0 Å². The summed E-state index contributed by atoms with van der Waals surface area (Å²) in [5, 5.41) is 3.03. The largest absolute Gasteiger partial charge is 0.416 e. The summed E-state index contributed by atoms with van der Waals surface area (Å²) >= 11 is 1.69. The van der Waals surface area contributed by atoms with Gasteiger partial charge in [0.05, 0.1) is 5.56 Å². The smallest absolute Gasteiger partial charge is 0.381 e. The predicted molar refractivity (Wildman–Crippen MR) is 72.6 cm³/mol. The van der Waals surface area contributed by atoms with Crippen LogP contribution in [0.15, 0.2) is 30.3 Å². The third-order valence-corrected chi connectivity index (χ3v) is 3.82. The maximum absolute atomic E-state index is 12.6. The van der Waals surface area contributed by atoms with Crippen LogP contribution in [0.25, 0.3) is 0 Å². The number of thiophene rings is 1. The predicted octanol–water partition coefficient (Wildman–Crippen LogP) is 5.00. The van der Waals surface area contributed by atoms with Gasteiger partial charge in [0, 0.05) is 22.0 Å². The highest BCUT2D eigenvalue weighted by Crippen LogP contribution is 2.31. The number of aryl methyl sites for hydroxylation is 2. The Bertz CT molecular complexity index is 572. The van der Waals surface area contributed by atoms with Crippen molar-refractivity contribution in [1.82, 2.24) is 0 Å². The number of alkyl halides is 3. The fourth-order valence-corrected chi connectivity index (χ4v) is 2.81. The van der Waals surface area contributed by atoms with Crippen LogP contribution in [-0.4, -0.2) is 0 Å². The van der Waals surface area contributed by atoms with E-state index in [9.17, 15) is 13.2 Å². The molecule has 0 radical (unpaired) electrons. The molecule has 1 N–H and O–H groups in total. The summed E-state index contributed by atoms with van der Waals surface area (Å²) in [7, 11) is 0. The van der Waals surface area contributed by atoms with Gasteiger partial charge in [-0.1, -0.05) is 6.07 Å². The number of anilines is 1. The van der Waals surface area contributed by atoms with Crippen molar-refractivity contribution in [3.8, 4) is 0 Å². The quantitative estimate of drug-likeness (QED) is 0.837. The minimum Gasteiger partial charge on any atom is -0.381 e. The van der Waals surface area contributed by atoms with Crippen LogP contribution in [-0.2, 0) is 12.7 Å². The van der Waals surface area contributed by atoms with Crippen molar-refractivity contribution in [3.05, 3.63) is 51.2 Å². The number of nitrogens with one attached hydrogen (secondary N) is 1. The lowest BCUT2D eigenvalue weighted by Gasteiger charge is -2.10. The van der Waals surface area contributed by atoms with E-state index in [1.165, 1.54) is 15.8 Å². The molecular formula is C14H14F3NS. The van der Waals surface area contributed by atoms with Gasteiger partial charge in [0.15, 0.2) is 0 Å². The van der Waals surface area contributed by atoms with Gasteiger partial charge in [0.2, 0.25) is 0 Å². The summed E-state index contributed by atoms with van der Waals surface area (Å²) in [5.41, 5.74) is 0.980. The van der Waals surface area contributed by atoms with Crippen LogP contribution in [0.2, 0.25) is 0 Å². The molecule has 2 rings (SSSR count). The molecule has 0 unspecified atom stereocenters. The minimum absolute atomic E-state index is 0.484. The number of hydrogen-bond acceptors (Lipinski definition) is 2. The molecule has 0 aliphatic heterocycles. The molecule has 1 aromatic heterocycles. The Balaban J connectivity index is 2.10. The Morgan fingerprint density at radius 1 is 1.16 bits per heavy atom. The van der Waals surface area contributed by atoms with Crippen LogP contribution in [0.5, 0.6) is 0 Å². The summed E-state index contributed by atoms with van der Waals surface area (Å²) in [6.45, 7) is 4.57. The second-order valence-electron chi connectivity index (χ2n) is 4.37. The lowest BCUT2D eigenvalue weighted by molar-refractivity contribution is -0.137. The molecule has 0 saturated carbocycles. The summed E-state index contributed by atoms with van der Waals surface area (Å²) in [6, 6.07) is 7.32. The van der Waals surface area contributed by atoms with Gasteiger partial charge >= 0.3 is 6.18 Å². The van der Waals surface area contributed by atoms with Gasteiger partial charge in [-0.05, 0) is 43.7 Å². The molecule has 19 heavy (non-hydrogen) atoms. The van der Waals surface area contributed by atoms with Gasteiger partial charge < -0.3 is 5.32 Å². The number of benzene rings is 1. The fraction of sp³-hybridized carbons (Fsp3) is 0.286.